The third kappa shape index (κ3) is 5.85. The molecule has 0 heterocycles. The van der Waals surface area contributed by atoms with Gasteiger partial charge in [0.05, 0.1) is 20.1 Å². The van der Waals surface area contributed by atoms with Crippen molar-refractivity contribution in [1.29, 1.82) is 0 Å². The van der Waals surface area contributed by atoms with Crippen LogP contribution >= 0.6 is 0 Å². The molecule has 1 N–H and O–H groups in total. The molecule has 0 unspecified atom stereocenters. The second-order valence-corrected chi connectivity index (χ2v) is 7.51. The molecule has 0 aliphatic carbocycles. The first kappa shape index (κ1) is 22.8. The maximum Gasteiger partial charge on any atom is 0.258 e. The minimum absolute atomic E-state index is 0.0701. The zero-order valence-corrected chi connectivity index (χ0v) is 18.5. The first-order valence-corrected chi connectivity index (χ1v) is 10.5. The van der Waals surface area contributed by atoms with Gasteiger partial charge < -0.3 is 15.0 Å². The van der Waals surface area contributed by atoms with Crippen molar-refractivity contribution in [1.82, 2.24) is 5.32 Å². The largest absolute Gasteiger partial charge is 0.496 e. The van der Waals surface area contributed by atoms with Gasteiger partial charge in [0.25, 0.3) is 5.91 Å². The Balaban J connectivity index is 1.89. The van der Waals surface area contributed by atoms with E-state index in [-0.39, 0.29) is 18.2 Å². The van der Waals surface area contributed by atoms with Crippen LogP contribution in [-0.2, 0) is 17.8 Å². The van der Waals surface area contributed by atoms with Crippen molar-refractivity contribution in [2.45, 2.75) is 19.9 Å². The summed E-state index contributed by atoms with van der Waals surface area (Å²) in [6, 6.07) is 22.7. The Labute approximate surface area is 189 Å². The van der Waals surface area contributed by atoms with Gasteiger partial charge in [0.15, 0.2) is 0 Å². The number of ether oxygens (including phenoxy) is 1. The quantitative estimate of drug-likeness (QED) is 0.503. The number of para-hydroxylation sites is 1. The standard InChI is InChI=1S/C27H28N2O3/c1-4-17-28-26(30)18-21-11-15-24(16-12-21)29(19-23-7-5-6-8-25(23)32-3)27(31)22-13-9-20(2)10-14-22/h4-16H,1,17-19H2,2-3H3,(H,28,30). The van der Waals surface area contributed by atoms with Crippen LogP contribution in [-0.4, -0.2) is 25.5 Å². The Bertz CT molecular complexity index is 1070. The Morgan fingerprint density at radius 3 is 2.34 bits per heavy atom. The van der Waals surface area contributed by atoms with Crippen LogP contribution in [0.25, 0.3) is 0 Å². The van der Waals surface area contributed by atoms with Crippen molar-refractivity contribution < 1.29 is 14.3 Å². The number of nitrogens with one attached hydrogen (secondary N) is 1. The summed E-state index contributed by atoms with van der Waals surface area (Å²) in [7, 11) is 1.62. The second-order valence-electron chi connectivity index (χ2n) is 7.51. The highest BCUT2D eigenvalue weighted by Gasteiger charge is 2.20. The van der Waals surface area contributed by atoms with Gasteiger partial charge in [-0.3, -0.25) is 9.59 Å². The zero-order valence-electron chi connectivity index (χ0n) is 18.5. The lowest BCUT2D eigenvalue weighted by atomic mass is 10.1. The summed E-state index contributed by atoms with van der Waals surface area (Å²) in [5.74, 6) is 0.552. The molecular weight excluding hydrogens is 400 g/mol. The molecule has 32 heavy (non-hydrogen) atoms. The van der Waals surface area contributed by atoms with E-state index in [4.69, 9.17) is 4.74 Å². The number of rotatable bonds is 9. The molecule has 164 valence electrons. The molecule has 0 aliphatic heterocycles. The van der Waals surface area contributed by atoms with E-state index in [0.717, 1.165) is 28.1 Å². The Kier molecular flexibility index (Phi) is 7.81. The molecule has 3 aromatic carbocycles. The zero-order chi connectivity index (χ0) is 22.9. The average Bonchev–Trinajstić information content (AvgIpc) is 2.82. The van der Waals surface area contributed by atoms with Gasteiger partial charge in [-0.2, -0.15) is 0 Å². The molecule has 0 aliphatic rings. The third-order valence-electron chi connectivity index (χ3n) is 5.12. The lowest BCUT2D eigenvalue weighted by molar-refractivity contribution is -0.120. The van der Waals surface area contributed by atoms with E-state index in [1.807, 2.05) is 79.7 Å². The molecule has 0 spiro atoms. The van der Waals surface area contributed by atoms with Crippen molar-refractivity contribution in [3.8, 4) is 5.75 Å². The third-order valence-corrected chi connectivity index (χ3v) is 5.12. The van der Waals surface area contributed by atoms with Crippen molar-refractivity contribution in [2.75, 3.05) is 18.6 Å². The van der Waals surface area contributed by atoms with Crippen LogP contribution in [0.3, 0.4) is 0 Å². The summed E-state index contributed by atoms with van der Waals surface area (Å²) < 4.78 is 5.49. The summed E-state index contributed by atoms with van der Waals surface area (Å²) in [6.45, 7) is 6.39. The molecule has 0 atom stereocenters. The number of benzene rings is 3. The van der Waals surface area contributed by atoms with Crippen molar-refractivity contribution in [3.05, 3.63) is 108 Å². The minimum Gasteiger partial charge on any atom is -0.496 e. The second kappa shape index (κ2) is 11.0. The Hall–Kier alpha value is -3.86. The van der Waals surface area contributed by atoms with Crippen molar-refractivity contribution in [2.24, 2.45) is 0 Å². The lowest BCUT2D eigenvalue weighted by Gasteiger charge is -2.24. The molecule has 5 heteroatoms. The highest BCUT2D eigenvalue weighted by atomic mass is 16.5. The number of amides is 2. The van der Waals surface area contributed by atoms with E-state index in [0.29, 0.717) is 18.7 Å². The smallest absolute Gasteiger partial charge is 0.258 e. The van der Waals surface area contributed by atoms with Crippen LogP contribution in [0.5, 0.6) is 5.75 Å². The normalized spacial score (nSPS) is 10.3. The van der Waals surface area contributed by atoms with E-state index in [9.17, 15) is 9.59 Å². The molecule has 0 saturated heterocycles. The van der Waals surface area contributed by atoms with Crippen LogP contribution in [0.1, 0.15) is 27.0 Å². The van der Waals surface area contributed by atoms with Crippen LogP contribution in [0.2, 0.25) is 0 Å². The van der Waals surface area contributed by atoms with E-state index in [1.165, 1.54) is 0 Å². The van der Waals surface area contributed by atoms with Gasteiger partial charge in [-0.05, 0) is 42.8 Å². The predicted molar refractivity (Wildman–Crippen MR) is 128 cm³/mol. The van der Waals surface area contributed by atoms with Crippen molar-refractivity contribution >= 4 is 17.5 Å². The number of anilines is 1. The van der Waals surface area contributed by atoms with Crippen LogP contribution < -0.4 is 15.0 Å². The summed E-state index contributed by atoms with van der Waals surface area (Å²) >= 11 is 0. The topological polar surface area (TPSA) is 58.6 Å². The summed E-state index contributed by atoms with van der Waals surface area (Å²) in [5.41, 5.74) is 4.23. The molecule has 5 nitrogen and oxygen atoms in total. The Morgan fingerprint density at radius 2 is 1.69 bits per heavy atom. The average molecular weight is 429 g/mol. The molecule has 3 aromatic rings. The van der Waals surface area contributed by atoms with Crippen LogP contribution in [0.4, 0.5) is 5.69 Å². The predicted octanol–water partition coefficient (Wildman–Crippen LogP) is 4.70. The van der Waals surface area contributed by atoms with Crippen LogP contribution in [0, 0.1) is 6.92 Å². The number of hydrogen-bond donors (Lipinski definition) is 1. The number of aryl methyl sites for hydroxylation is 1. The fourth-order valence-electron chi connectivity index (χ4n) is 3.36. The van der Waals surface area contributed by atoms with Gasteiger partial charge in [-0.15, -0.1) is 6.58 Å². The number of hydrogen-bond acceptors (Lipinski definition) is 3. The maximum atomic E-state index is 13.5. The van der Waals surface area contributed by atoms with Gasteiger partial charge in [-0.25, -0.2) is 0 Å². The monoisotopic (exact) mass is 428 g/mol. The molecule has 0 radical (unpaired) electrons. The van der Waals surface area contributed by atoms with Gasteiger partial charge in [0.1, 0.15) is 5.75 Å². The molecule has 0 saturated carbocycles. The van der Waals surface area contributed by atoms with E-state index < -0.39 is 0 Å². The lowest BCUT2D eigenvalue weighted by Crippen LogP contribution is -2.30. The summed E-state index contributed by atoms with van der Waals surface area (Å²) in [5, 5.41) is 2.77. The maximum absolute atomic E-state index is 13.5. The van der Waals surface area contributed by atoms with Crippen LogP contribution in [0.15, 0.2) is 85.5 Å². The summed E-state index contributed by atoms with van der Waals surface area (Å²) in [6.07, 6.45) is 1.92. The van der Waals surface area contributed by atoms with Gasteiger partial charge in [0.2, 0.25) is 5.91 Å². The minimum atomic E-state index is -0.104. The highest BCUT2D eigenvalue weighted by molar-refractivity contribution is 6.06. The number of nitrogens with zero attached hydrogens (tertiary/aromatic N) is 1. The first-order valence-electron chi connectivity index (χ1n) is 10.5. The molecule has 2 amide bonds. The van der Waals surface area contributed by atoms with Gasteiger partial charge in [-0.1, -0.05) is 54.1 Å². The number of methoxy groups -OCH3 is 1. The fourth-order valence-corrected chi connectivity index (χ4v) is 3.36. The molecule has 0 fully saturated rings. The molecule has 3 rings (SSSR count). The number of carbonyl (C=O) groups is 2. The molecule has 0 bridgehead atoms. The SMILES string of the molecule is C=CCNC(=O)Cc1ccc(N(Cc2ccccc2OC)C(=O)c2ccc(C)cc2)cc1. The summed E-state index contributed by atoms with van der Waals surface area (Å²) in [4.78, 5) is 27.2. The van der Waals surface area contributed by atoms with Gasteiger partial charge >= 0.3 is 0 Å². The van der Waals surface area contributed by atoms with E-state index >= 15 is 0 Å². The van der Waals surface area contributed by atoms with E-state index in [2.05, 4.69) is 11.9 Å². The number of carbonyl (C=O) groups excluding carboxylic acids is 2. The molecular formula is C27H28N2O3. The highest BCUT2D eigenvalue weighted by Crippen LogP contribution is 2.25. The Morgan fingerprint density at radius 1 is 1.00 bits per heavy atom. The fraction of sp³-hybridized carbons (Fsp3) is 0.185. The molecule has 0 aromatic heterocycles. The first-order chi connectivity index (χ1) is 15.5. The van der Waals surface area contributed by atoms with Gasteiger partial charge in [0, 0.05) is 23.4 Å². The van der Waals surface area contributed by atoms with E-state index in [1.54, 1.807) is 18.1 Å². The van der Waals surface area contributed by atoms with Crippen molar-refractivity contribution in [3.63, 3.8) is 0 Å².